The van der Waals surface area contributed by atoms with Crippen LogP contribution in [0.15, 0.2) is 6.33 Å². The van der Waals surface area contributed by atoms with E-state index in [9.17, 15) is 4.79 Å². The molecule has 0 spiro atoms. The summed E-state index contributed by atoms with van der Waals surface area (Å²) < 4.78 is 0. The maximum atomic E-state index is 12.6. The molecule has 3 N–H and O–H groups in total. The Hall–Kier alpha value is -1.43. The highest BCUT2D eigenvalue weighted by Gasteiger charge is 2.39. The van der Waals surface area contributed by atoms with E-state index >= 15 is 0 Å². The topological polar surface area (TPSA) is 87.9 Å². The number of carbonyl (C=O) groups is 1. The Bertz CT molecular complexity index is 383. The second kappa shape index (κ2) is 5.48. The van der Waals surface area contributed by atoms with Crippen molar-refractivity contribution in [3.05, 3.63) is 12.2 Å². The lowest BCUT2D eigenvalue weighted by Crippen LogP contribution is -2.47. The molecule has 0 saturated heterocycles. The molecule has 1 aromatic rings. The average molecular weight is 251 g/mol. The number of aromatic amines is 1. The third kappa shape index (κ3) is 2.53. The fourth-order valence-electron chi connectivity index (χ4n) is 2.74. The number of amides is 1. The second-order valence-corrected chi connectivity index (χ2v) is 5.14. The minimum Gasteiger partial charge on any atom is -0.338 e. The van der Waals surface area contributed by atoms with Gasteiger partial charge in [-0.15, -0.1) is 0 Å². The van der Waals surface area contributed by atoms with Crippen LogP contribution in [0.4, 0.5) is 0 Å². The first-order valence-corrected chi connectivity index (χ1v) is 6.48. The molecular weight excluding hydrogens is 230 g/mol. The molecule has 0 bridgehead atoms. The lowest BCUT2D eigenvalue weighted by atomic mass is 9.73. The Morgan fingerprint density at radius 2 is 2.22 bits per heavy atom. The molecular formula is C12H21N5O. The zero-order valence-corrected chi connectivity index (χ0v) is 10.9. The molecule has 1 aliphatic carbocycles. The number of aromatic nitrogens is 3. The second-order valence-electron chi connectivity index (χ2n) is 5.14. The minimum atomic E-state index is -0.354. The summed E-state index contributed by atoms with van der Waals surface area (Å²) >= 11 is 0. The molecule has 0 aliphatic heterocycles. The molecule has 100 valence electrons. The van der Waals surface area contributed by atoms with Gasteiger partial charge in [-0.3, -0.25) is 9.89 Å². The van der Waals surface area contributed by atoms with Gasteiger partial charge in [-0.2, -0.15) is 5.10 Å². The van der Waals surface area contributed by atoms with E-state index in [-0.39, 0.29) is 11.3 Å². The molecule has 6 nitrogen and oxygen atoms in total. The summed E-state index contributed by atoms with van der Waals surface area (Å²) in [5.41, 5.74) is 5.51. The van der Waals surface area contributed by atoms with Crippen LogP contribution in [0, 0.1) is 5.41 Å². The summed E-state index contributed by atoms with van der Waals surface area (Å²) in [4.78, 5) is 18.3. The Kier molecular flexibility index (Phi) is 3.96. The van der Waals surface area contributed by atoms with E-state index in [2.05, 4.69) is 15.2 Å². The van der Waals surface area contributed by atoms with Crippen LogP contribution in [0.2, 0.25) is 0 Å². The van der Waals surface area contributed by atoms with Gasteiger partial charge in [0.05, 0.1) is 12.0 Å². The molecule has 1 aromatic heterocycles. The first kappa shape index (κ1) is 13.0. The fourth-order valence-corrected chi connectivity index (χ4v) is 2.74. The first-order valence-electron chi connectivity index (χ1n) is 6.48. The van der Waals surface area contributed by atoms with Gasteiger partial charge in [0, 0.05) is 13.6 Å². The third-order valence-electron chi connectivity index (χ3n) is 3.85. The number of carbonyl (C=O) groups excluding carboxylic acids is 1. The Morgan fingerprint density at radius 3 is 2.78 bits per heavy atom. The molecule has 1 heterocycles. The van der Waals surface area contributed by atoms with Crippen molar-refractivity contribution in [3.63, 3.8) is 0 Å². The van der Waals surface area contributed by atoms with Crippen LogP contribution in [0.25, 0.3) is 0 Å². The number of nitrogens with zero attached hydrogens (tertiary/aromatic N) is 3. The Balaban J connectivity index is 2.04. The van der Waals surface area contributed by atoms with Crippen molar-refractivity contribution in [3.8, 4) is 0 Å². The summed E-state index contributed by atoms with van der Waals surface area (Å²) in [7, 11) is 1.80. The maximum absolute atomic E-state index is 12.6. The predicted octanol–water partition coefficient (Wildman–Crippen LogP) is 0.672. The number of hydrogen-bond acceptors (Lipinski definition) is 4. The van der Waals surface area contributed by atoms with Gasteiger partial charge >= 0.3 is 0 Å². The van der Waals surface area contributed by atoms with Crippen LogP contribution < -0.4 is 5.73 Å². The third-order valence-corrected chi connectivity index (χ3v) is 3.85. The first-order chi connectivity index (χ1) is 8.68. The molecule has 0 aromatic carbocycles. The monoisotopic (exact) mass is 251 g/mol. The van der Waals surface area contributed by atoms with Gasteiger partial charge in [0.1, 0.15) is 12.2 Å². The van der Waals surface area contributed by atoms with Gasteiger partial charge in [-0.1, -0.05) is 19.3 Å². The summed E-state index contributed by atoms with van der Waals surface area (Å²) in [6.07, 6.45) is 6.66. The number of nitrogens with two attached hydrogens (primary N) is 1. The minimum absolute atomic E-state index is 0.140. The Morgan fingerprint density at radius 1 is 1.50 bits per heavy atom. The average Bonchev–Trinajstić information content (AvgIpc) is 2.91. The van der Waals surface area contributed by atoms with Gasteiger partial charge < -0.3 is 10.6 Å². The molecule has 1 aliphatic rings. The number of H-pyrrole nitrogens is 1. The zero-order chi connectivity index (χ0) is 13.0. The zero-order valence-electron chi connectivity index (χ0n) is 10.9. The molecule has 1 amide bonds. The smallest absolute Gasteiger partial charge is 0.230 e. The van der Waals surface area contributed by atoms with Gasteiger partial charge in [0.25, 0.3) is 0 Å². The standard InChI is InChI=1S/C12H21N5O/c1-17(7-10-14-9-15-16-10)11(18)12(8-13)5-3-2-4-6-12/h9H,2-8,13H2,1H3,(H,14,15,16). The van der Waals surface area contributed by atoms with Crippen molar-refractivity contribution in [2.24, 2.45) is 11.1 Å². The Labute approximate surface area is 107 Å². The van der Waals surface area contributed by atoms with Gasteiger partial charge in [-0.25, -0.2) is 4.98 Å². The quantitative estimate of drug-likeness (QED) is 0.823. The van der Waals surface area contributed by atoms with E-state index in [4.69, 9.17) is 5.73 Å². The van der Waals surface area contributed by atoms with Crippen LogP contribution in [0.1, 0.15) is 37.9 Å². The normalized spacial score (nSPS) is 18.6. The molecule has 6 heteroatoms. The highest BCUT2D eigenvalue weighted by Crippen LogP contribution is 2.37. The van der Waals surface area contributed by atoms with E-state index in [1.807, 2.05) is 0 Å². The van der Waals surface area contributed by atoms with E-state index in [0.717, 1.165) is 25.7 Å². The van der Waals surface area contributed by atoms with Crippen molar-refractivity contribution in [2.45, 2.75) is 38.6 Å². The highest BCUT2D eigenvalue weighted by atomic mass is 16.2. The lowest BCUT2D eigenvalue weighted by Gasteiger charge is -2.37. The highest BCUT2D eigenvalue weighted by molar-refractivity contribution is 5.82. The summed E-state index contributed by atoms with van der Waals surface area (Å²) in [6, 6.07) is 0. The van der Waals surface area contributed by atoms with Gasteiger partial charge in [-0.05, 0) is 12.8 Å². The van der Waals surface area contributed by atoms with Gasteiger partial charge in [0.15, 0.2) is 0 Å². The van der Waals surface area contributed by atoms with E-state index < -0.39 is 0 Å². The van der Waals surface area contributed by atoms with Crippen molar-refractivity contribution in [2.75, 3.05) is 13.6 Å². The number of rotatable bonds is 4. The molecule has 2 rings (SSSR count). The van der Waals surface area contributed by atoms with E-state index in [0.29, 0.717) is 18.9 Å². The van der Waals surface area contributed by atoms with E-state index in [1.165, 1.54) is 12.7 Å². The molecule has 0 radical (unpaired) electrons. The van der Waals surface area contributed by atoms with Crippen LogP contribution in [0.3, 0.4) is 0 Å². The fraction of sp³-hybridized carbons (Fsp3) is 0.750. The lowest BCUT2D eigenvalue weighted by molar-refractivity contribution is -0.142. The summed E-state index contributed by atoms with van der Waals surface area (Å²) in [5.74, 6) is 0.843. The predicted molar refractivity (Wildman–Crippen MR) is 67.4 cm³/mol. The molecule has 18 heavy (non-hydrogen) atoms. The molecule has 0 atom stereocenters. The summed E-state index contributed by atoms with van der Waals surface area (Å²) in [6.45, 7) is 0.896. The van der Waals surface area contributed by atoms with Gasteiger partial charge in [0.2, 0.25) is 5.91 Å². The van der Waals surface area contributed by atoms with Crippen LogP contribution >= 0.6 is 0 Å². The van der Waals surface area contributed by atoms with Crippen LogP contribution in [0.5, 0.6) is 0 Å². The van der Waals surface area contributed by atoms with Crippen LogP contribution in [-0.2, 0) is 11.3 Å². The number of nitrogens with one attached hydrogen (secondary N) is 1. The van der Waals surface area contributed by atoms with Crippen molar-refractivity contribution >= 4 is 5.91 Å². The summed E-state index contributed by atoms with van der Waals surface area (Å²) in [5, 5.41) is 6.56. The van der Waals surface area contributed by atoms with E-state index in [1.54, 1.807) is 11.9 Å². The van der Waals surface area contributed by atoms with Crippen molar-refractivity contribution in [1.82, 2.24) is 20.1 Å². The molecule has 0 unspecified atom stereocenters. The maximum Gasteiger partial charge on any atom is 0.230 e. The van der Waals surface area contributed by atoms with Crippen LogP contribution in [-0.4, -0.2) is 39.6 Å². The SMILES string of the molecule is CN(Cc1ncn[nH]1)C(=O)C1(CN)CCCCC1. The van der Waals surface area contributed by atoms with Crippen molar-refractivity contribution < 1.29 is 4.79 Å². The molecule has 1 fully saturated rings. The number of hydrogen-bond donors (Lipinski definition) is 2. The van der Waals surface area contributed by atoms with Crippen molar-refractivity contribution in [1.29, 1.82) is 0 Å². The largest absolute Gasteiger partial charge is 0.338 e. The molecule has 1 saturated carbocycles.